The minimum absolute atomic E-state index is 0.0183. The van der Waals surface area contributed by atoms with Crippen molar-refractivity contribution in [2.45, 2.75) is 131 Å². The van der Waals surface area contributed by atoms with Gasteiger partial charge >= 0.3 is 0 Å². The SMILES string of the molecule is [2H]c1c([2H])c([2H])c2c(c1[2H])c1c([2H])c(C(C)(C)C)c([2H])c([2H])c1n2-c1ccc2c(c1)N(c1c(-c3cccc(-c4ccccc4)c3)cc(C(C)(C)C)cc1-c1cccc3oc4ccccc4c13)c1cc(C(C)(C)C)cc3c1B2c1ccc(-n2c4c([2H])c([2H])c([2H])c([2H])c4c4c([2H])c(C(C)(C)C)c([2H])c([2H])c42)cc1N3c1c(-c2cccc(-c3ccccc3)c2)cc(C(C)(C)C)cc1-c1cccc2oc3ccccc3c12. The maximum absolute atomic E-state index is 10.6. The fourth-order valence-corrected chi connectivity index (χ4v) is 19.9. The molecule has 0 N–H and O–H groups in total. The highest BCUT2D eigenvalue weighted by atomic mass is 16.3. The third-order valence-electron chi connectivity index (χ3n) is 26.6. The first-order chi connectivity index (χ1) is 68.0. The molecule has 0 saturated heterocycles. The van der Waals surface area contributed by atoms with Gasteiger partial charge in [-0.1, -0.05) is 322 Å². The van der Waals surface area contributed by atoms with Gasteiger partial charge in [-0.2, -0.15) is 0 Å². The first-order valence-electron chi connectivity index (χ1n) is 51.7. The molecule has 4 aromatic heterocycles. The highest BCUT2D eigenvalue weighted by Crippen LogP contribution is 2.58. The molecule has 23 rings (SSSR count). The van der Waals surface area contributed by atoms with Crippen LogP contribution in [-0.2, 0) is 27.1 Å². The largest absolute Gasteiger partial charge is 0.456 e. The number of para-hydroxylation sites is 4. The number of hydrogen-bond acceptors (Lipinski definition) is 4. The molecule has 0 radical (unpaired) electrons. The van der Waals surface area contributed by atoms with Crippen molar-refractivity contribution in [1.82, 2.24) is 9.13 Å². The molecule has 0 amide bonds. The molecule has 0 aliphatic carbocycles. The molecule has 7 heteroatoms. The normalized spacial score (nSPS) is 14.7. The molecule has 0 spiro atoms. The molecule has 0 bridgehead atoms. The second-order valence-electron chi connectivity index (χ2n) is 40.1. The Balaban J connectivity index is 0.961. The second-order valence-corrected chi connectivity index (χ2v) is 40.1. The summed E-state index contributed by atoms with van der Waals surface area (Å²) >= 11 is 0. The van der Waals surface area contributed by atoms with Crippen LogP contribution in [0, 0.1) is 0 Å². The van der Waals surface area contributed by atoms with Gasteiger partial charge in [-0.15, -0.1) is 0 Å². The third-order valence-corrected chi connectivity index (χ3v) is 26.6. The topological polar surface area (TPSA) is 42.6 Å². The van der Waals surface area contributed by atoms with E-state index in [2.05, 4.69) is 266 Å². The molecule has 0 atom stereocenters. The van der Waals surface area contributed by atoms with E-state index in [0.29, 0.717) is 45.1 Å². The highest BCUT2D eigenvalue weighted by molar-refractivity contribution is 7.00. The Morgan fingerprint density at radius 2 is 0.605 bits per heavy atom. The van der Waals surface area contributed by atoms with E-state index in [0.717, 1.165) is 144 Å². The molecule has 0 fully saturated rings. The van der Waals surface area contributed by atoms with E-state index < -0.39 is 82.1 Å². The third kappa shape index (κ3) is 12.9. The van der Waals surface area contributed by atoms with Gasteiger partial charge in [0.2, 0.25) is 0 Å². The Bertz CT molecular complexity index is 8620. The van der Waals surface area contributed by atoms with E-state index in [1.165, 1.54) is 0 Å². The molecular weight excluding hydrogens is 1560 g/mol. The average molecular weight is 1680 g/mol. The smallest absolute Gasteiger partial charge is 0.252 e. The van der Waals surface area contributed by atoms with Gasteiger partial charge in [-0.3, -0.25) is 0 Å². The van der Waals surface area contributed by atoms with Gasteiger partial charge in [0.25, 0.3) is 6.71 Å². The zero-order valence-electron chi connectivity index (χ0n) is 89.1. The number of anilines is 6. The Morgan fingerprint density at radius 1 is 0.256 bits per heavy atom. The summed E-state index contributed by atoms with van der Waals surface area (Å²) in [5, 5.41) is 3.83. The molecule has 17 aromatic carbocycles. The van der Waals surface area contributed by atoms with Crippen molar-refractivity contribution in [2.75, 3.05) is 9.80 Å². The van der Waals surface area contributed by atoms with Crippen molar-refractivity contribution < 1.29 is 28.0 Å². The highest BCUT2D eigenvalue weighted by Gasteiger charge is 2.47. The van der Waals surface area contributed by atoms with E-state index in [-0.39, 0.29) is 91.0 Å². The predicted molar refractivity (Wildman–Crippen MR) is 550 cm³/mol. The van der Waals surface area contributed by atoms with Crippen molar-refractivity contribution in [2.24, 2.45) is 0 Å². The number of hydrogen-bond donors (Lipinski definition) is 0. The van der Waals surface area contributed by atoms with Gasteiger partial charge in [-0.05, 0) is 249 Å². The van der Waals surface area contributed by atoms with Crippen LogP contribution in [0.15, 0.2) is 360 Å². The van der Waals surface area contributed by atoms with Gasteiger partial charge in [0, 0.05) is 99.5 Å². The van der Waals surface area contributed by atoms with Crippen molar-refractivity contribution >= 4 is 145 Å². The van der Waals surface area contributed by atoms with Crippen LogP contribution < -0.4 is 26.2 Å². The lowest BCUT2D eigenvalue weighted by Crippen LogP contribution is -2.61. The summed E-state index contributed by atoms with van der Waals surface area (Å²) in [5.74, 6) is 0. The van der Waals surface area contributed by atoms with Gasteiger partial charge in [0.05, 0.1) is 52.6 Å². The lowest BCUT2D eigenvalue weighted by Gasteiger charge is -2.47. The zero-order valence-corrected chi connectivity index (χ0v) is 75.1. The van der Waals surface area contributed by atoms with Crippen LogP contribution in [0.25, 0.3) is 166 Å². The maximum atomic E-state index is 10.6. The summed E-state index contributed by atoms with van der Waals surface area (Å²) in [6.07, 6.45) is 0. The van der Waals surface area contributed by atoms with E-state index in [1.807, 2.05) is 114 Å². The fraction of sp³-hybridized carbons (Fsp3) is 0.164. The lowest BCUT2D eigenvalue weighted by atomic mass is 9.33. The maximum Gasteiger partial charge on any atom is 0.252 e. The van der Waals surface area contributed by atoms with Crippen LogP contribution in [0.2, 0.25) is 0 Å². The molecule has 0 saturated carbocycles. The quantitative estimate of drug-likeness (QED) is 0.128. The molecule has 2 aliphatic rings. The molecule has 129 heavy (non-hydrogen) atoms. The number of furan rings is 2. The monoisotopic (exact) mass is 1680 g/mol. The first-order valence-corrected chi connectivity index (χ1v) is 44.7. The predicted octanol–water partition coefficient (Wildman–Crippen LogP) is 32.3. The number of fused-ring (bicyclic) bond motifs is 16. The summed E-state index contributed by atoms with van der Waals surface area (Å²) in [6.45, 7) is 30.6. The molecular formula is C122H103BN4O2. The van der Waals surface area contributed by atoms with E-state index in [1.54, 1.807) is 9.13 Å². The Kier molecular flexibility index (Phi) is 14.7. The van der Waals surface area contributed by atoms with Crippen LogP contribution in [0.4, 0.5) is 34.1 Å². The van der Waals surface area contributed by atoms with Crippen molar-refractivity contribution in [1.29, 1.82) is 0 Å². The summed E-state index contributed by atoms with van der Waals surface area (Å²) in [6, 6.07) is 88.5. The van der Waals surface area contributed by atoms with Crippen molar-refractivity contribution in [3.8, 4) is 78.1 Å². The lowest BCUT2D eigenvalue weighted by molar-refractivity contribution is 0.590. The number of benzene rings is 17. The first kappa shape index (κ1) is 65.2. The zero-order chi connectivity index (χ0) is 100. The van der Waals surface area contributed by atoms with Gasteiger partial charge in [0.1, 0.15) is 22.3 Å². The second kappa shape index (κ2) is 29.1. The van der Waals surface area contributed by atoms with Crippen LogP contribution in [0.3, 0.4) is 0 Å². The van der Waals surface area contributed by atoms with E-state index >= 15 is 0 Å². The van der Waals surface area contributed by atoms with E-state index in [4.69, 9.17) is 8.83 Å². The van der Waals surface area contributed by atoms with Crippen LogP contribution in [-0.4, -0.2) is 15.8 Å². The van der Waals surface area contributed by atoms with Gasteiger partial charge < -0.3 is 27.8 Å². The summed E-state index contributed by atoms with van der Waals surface area (Å²) in [4.78, 5) is 4.86. The molecule has 0 unspecified atom stereocenters. The minimum Gasteiger partial charge on any atom is -0.456 e. The summed E-state index contributed by atoms with van der Waals surface area (Å²) < 4.78 is 159. The molecule has 21 aromatic rings. The van der Waals surface area contributed by atoms with Crippen LogP contribution >= 0.6 is 0 Å². The van der Waals surface area contributed by atoms with E-state index in [9.17, 15) is 19.2 Å². The van der Waals surface area contributed by atoms with Crippen molar-refractivity contribution in [3.05, 3.63) is 379 Å². The van der Waals surface area contributed by atoms with Gasteiger partial charge in [-0.25, -0.2) is 0 Å². The molecule has 626 valence electrons. The fourth-order valence-electron chi connectivity index (χ4n) is 19.9. The molecule has 2 aliphatic heterocycles. The van der Waals surface area contributed by atoms with Crippen LogP contribution in [0.5, 0.6) is 0 Å². The summed E-state index contributed by atoms with van der Waals surface area (Å²) in [7, 11) is 0. The summed E-state index contributed by atoms with van der Waals surface area (Å²) in [5.41, 5.74) is 20.6. The molecule has 6 nitrogen and oxygen atoms in total. The number of aromatic nitrogens is 2. The Morgan fingerprint density at radius 3 is 1.02 bits per heavy atom. The van der Waals surface area contributed by atoms with Gasteiger partial charge in [0.15, 0.2) is 0 Å². The number of rotatable bonds is 10. The standard InChI is InChI=1S/C122H103BN4O2/c1-118(2,3)80-54-60-103-95(64-80)87-42-22-26-48-101(87)124(103)85-56-58-99-105(72-85)126(116-93(78-40-30-38-76(62-78)74-34-18-16-19-35-74)66-82(120(7,8)9)68-97(116)89-46-32-52-111-113(89)91-44-24-28-50-109(91)128-111)107-70-84(122(13,14)15)71-108-115(107)123(99)100-59-57-86(125-102-49-27-23-43-88(102)96-65-81(119(4,5)6)55-61-104(96)125)73-106(100)127(108)117-94(79-41-31-39-77(63-79)75-36-20-17-21-37-75)67-83(121(10,11)12)69-98(117)90-47-33-53-112-114(90)92-45-25-29-51-110(92)129-112/h16-73H,1-15H3/i22D,23D,26D,27D,42D,43D,48D,49D,54D,55D,60D,61D,64D,65D. The Labute approximate surface area is 775 Å². The Hall–Kier alpha value is -14.4. The minimum atomic E-state index is -0.884. The molecule has 6 heterocycles. The number of nitrogens with zero attached hydrogens (tertiary/aromatic N) is 4. The van der Waals surface area contributed by atoms with Crippen LogP contribution in [0.1, 0.15) is 151 Å². The average Bonchev–Trinajstić information content (AvgIpc) is 1.50. The van der Waals surface area contributed by atoms with Crippen molar-refractivity contribution in [3.63, 3.8) is 0 Å².